The van der Waals surface area contributed by atoms with E-state index in [4.69, 9.17) is 4.99 Å². The Bertz CT molecular complexity index is 967. The third kappa shape index (κ3) is 5.41. The second-order valence-electron chi connectivity index (χ2n) is 9.79. The van der Waals surface area contributed by atoms with E-state index < -0.39 is 5.54 Å². The van der Waals surface area contributed by atoms with Crippen LogP contribution in [0.4, 0.5) is 4.39 Å². The number of amides is 1. The number of nitrogens with zero attached hydrogens (tertiary/aromatic N) is 3. The van der Waals surface area contributed by atoms with Crippen LogP contribution in [0.5, 0.6) is 0 Å². The van der Waals surface area contributed by atoms with Gasteiger partial charge in [0, 0.05) is 13.0 Å². The third-order valence-electron chi connectivity index (χ3n) is 7.47. The molecule has 0 spiro atoms. The second kappa shape index (κ2) is 11.3. The van der Waals surface area contributed by atoms with Crippen molar-refractivity contribution in [2.75, 3.05) is 26.2 Å². The summed E-state index contributed by atoms with van der Waals surface area (Å²) >= 11 is 0. The van der Waals surface area contributed by atoms with Crippen LogP contribution < -0.4 is 0 Å². The molecule has 4 nitrogen and oxygen atoms in total. The first-order valence-corrected chi connectivity index (χ1v) is 13.0. The van der Waals surface area contributed by atoms with Gasteiger partial charge in [0.1, 0.15) is 11.7 Å². The Labute approximate surface area is 203 Å². The van der Waals surface area contributed by atoms with Gasteiger partial charge in [-0.3, -0.25) is 14.7 Å². The number of aliphatic imine (C=N–C) groups is 1. The molecule has 0 radical (unpaired) electrons. The van der Waals surface area contributed by atoms with Crippen LogP contribution in [0.2, 0.25) is 0 Å². The molecule has 2 aliphatic heterocycles. The first kappa shape index (κ1) is 24.6. The van der Waals surface area contributed by atoms with Crippen molar-refractivity contribution in [3.05, 3.63) is 71.5 Å². The van der Waals surface area contributed by atoms with Crippen molar-refractivity contribution in [2.45, 2.75) is 64.3 Å². The Morgan fingerprint density at radius 1 is 1.00 bits per heavy atom. The summed E-state index contributed by atoms with van der Waals surface area (Å²) < 4.78 is 13.5. The minimum Gasteiger partial charge on any atom is -0.303 e. The van der Waals surface area contributed by atoms with E-state index in [0.717, 1.165) is 69.7 Å². The summed E-state index contributed by atoms with van der Waals surface area (Å²) in [5.41, 5.74) is 1.30. The topological polar surface area (TPSA) is 35.9 Å². The number of halogens is 1. The lowest BCUT2D eigenvalue weighted by molar-refractivity contribution is -0.132. The molecule has 1 fully saturated rings. The lowest BCUT2D eigenvalue weighted by Gasteiger charge is -2.35. The molecule has 2 aromatic rings. The standard InChI is InChI=1S/C29H38FN3O/c1-3-9-27-31-29(4-2,25-13-15-26(30)16-14-25)28(34)33(27)22-24-17-20-32(21-18-24)19-8-12-23-10-6-5-7-11-23/h5-7,10-11,13-16,24H,3-4,8-9,12,17-22H2,1-2H3. The largest absolute Gasteiger partial charge is 0.303 e. The zero-order valence-electron chi connectivity index (χ0n) is 20.7. The van der Waals surface area contributed by atoms with Gasteiger partial charge in [-0.1, -0.05) is 56.3 Å². The van der Waals surface area contributed by atoms with Crippen LogP contribution in [0.1, 0.15) is 63.5 Å². The fraction of sp³-hybridized carbons (Fsp3) is 0.517. The monoisotopic (exact) mass is 463 g/mol. The molecular weight excluding hydrogens is 425 g/mol. The lowest BCUT2D eigenvalue weighted by Crippen LogP contribution is -2.45. The summed E-state index contributed by atoms with van der Waals surface area (Å²) in [4.78, 5) is 23.3. The molecule has 0 saturated carbocycles. The zero-order valence-corrected chi connectivity index (χ0v) is 20.7. The molecule has 0 bridgehead atoms. The van der Waals surface area contributed by atoms with Gasteiger partial charge in [0.2, 0.25) is 0 Å². The maximum atomic E-state index is 13.8. The molecular formula is C29H38FN3O. The van der Waals surface area contributed by atoms with Gasteiger partial charge in [-0.05, 0) is 87.3 Å². The van der Waals surface area contributed by atoms with Gasteiger partial charge in [0.25, 0.3) is 5.91 Å². The lowest BCUT2D eigenvalue weighted by atomic mass is 9.87. The van der Waals surface area contributed by atoms with Crippen LogP contribution >= 0.6 is 0 Å². The number of aryl methyl sites for hydroxylation is 1. The molecule has 2 heterocycles. The summed E-state index contributed by atoms with van der Waals surface area (Å²) in [6.07, 6.45) is 6.87. The maximum absolute atomic E-state index is 13.8. The molecule has 1 amide bonds. The van der Waals surface area contributed by atoms with Crippen LogP contribution in [0, 0.1) is 11.7 Å². The van der Waals surface area contributed by atoms with Crippen molar-refractivity contribution in [3.63, 3.8) is 0 Å². The van der Waals surface area contributed by atoms with E-state index in [1.807, 2.05) is 11.8 Å². The second-order valence-corrected chi connectivity index (χ2v) is 9.79. The normalized spacial score (nSPS) is 21.8. The Kier molecular flexibility index (Phi) is 8.15. The average molecular weight is 464 g/mol. The van der Waals surface area contributed by atoms with Gasteiger partial charge >= 0.3 is 0 Å². The predicted octanol–water partition coefficient (Wildman–Crippen LogP) is 5.82. The van der Waals surface area contributed by atoms with Crippen molar-refractivity contribution < 1.29 is 9.18 Å². The summed E-state index contributed by atoms with van der Waals surface area (Å²) in [5.74, 6) is 1.18. The van der Waals surface area contributed by atoms with Gasteiger partial charge in [-0.25, -0.2) is 4.39 Å². The van der Waals surface area contributed by atoms with Crippen LogP contribution in [-0.2, 0) is 16.8 Å². The number of carbonyl (C=O) groups is 1. The number of carbonyl (C=O) groups excluding carboxylic acids is 1. The number of amidine groups is 1. The third-order valence-corrected chi connectivity index (χ3v) is 7.47. The zero-order chi connectivity index (χ0) is 24.0. The van der Waals surface area contributed by atoms with Crippen LogP contribution in [0.15, 0.2) is 59.6 Å². The quantitative estimate of drug-likeness (QED) is 0.445. The molecule has 4 rings (SSSR count). The van der Waals surface area contributed by atoms with E-state index in [-0.39, 0.29) is 11.7 Å². The highest BCUT2D eigenvalue weighted by molar-refractivity contribution is 6.08. The van der Waals surface area contributed by atoms with Gasteiger partial charge in [0.15, 0.2) is 5.54 Å². The van der Waals surface area contributed by atoms with E-state index in [1.54, 1.807) is 12.1 Å². The van der Waals surface area contributed by atoms with Crippen molar-refractivity contribution in [3.8, 4) is 0 Å². The first-order valence-electron chi connectivity index (χ1n) is 13.0. The number of benzene rings is 2. The molecule has 1 saturated heterocycles. The first-order chi connectivity index (χ1) is 16.6. The predicted molar refractivity (Wildman–Crippen MR) is 136 cm³/mol. The summed E-state index contributed by atoms with van der Waals surface area (Å²) in [7, 11) is 0. The fourth-order valence-corrected chi connectivity index (χ4v) is 5.42. The van der Waals surface area contributed by atoms with Gasteiger partial charge in [-0.15, -0.1) is 0 Å². The number of hydrogen-bond acceptors (Lipinski definition) is 3. The molecule has 1 unspecified atom stereocenters. The molecule has 1 atom stereocenters. The Morgan fingerprint density at radius 3 is 2.35 bits per heavy atom. The number of hydrogen-bond donors (Lipinski definition) is 0. The van der Waals surface area contributed by atoms with E-state index in [0.29, 0.717) is 12.3 Å². The number of piperidine rings is 1. The average Bonchev–Trinajstić information content (AvgIpc) is 3.13. The highest BCUT2D eigenvalue weighted by Gasteiger charge is 2.48. The molecule has 0 N–H and O–H groups in total. The van der Waals surface area contributed by atoms with Crippen molar-refractivity contribution in [2.24, 2.45) is 10.9 Å². The van der Waals surface area contributed by atoms with Crippen molar-refractivity contribution in [1.29, 1.82) is 0 Å². The van der Waals surface area contributed by atoms with E-state index in [9.17, 15) is 9.18 Å². The van der Waals surface area contributed by atoms with Gasteiger partial charge < -0.3 is 4.90 Å². The molecule has 34 heavy (non-hydrogen) atoms. The summed E-state index contributed by atoms with van der Waals surface area (Å²) in [6, 6.07) is 17.0. The Hall–Kier alpha value is -2.53. The molecule has 2 aromatic carbocycles. The fourth-order valence-electron chi connectivity index (χ4n) is 5.42. The highest BCUT2D eigenvalue weighted by Crippen LogP contribution is 2.38. The Balaban J connectivity index is 1.35. The highest BCUT2D eigenvalue weighted by atomic mass is 19.1. The van der Waals surface area contributed by atoms with Crippen LogP contribution in [-0.4, -0.2) is 47.7 Å². The minimum atomic E-state index is -0.906. The Morgan fingerprint density at radius 2 is 1.71 bits per heavy atom. The van der Waals surface area contributed by atoms with E-state index >= 15 is 0 Å². The number of likely N-dealkylation sites (tertiary alicyclic amines) is 1. The summed E-state index contributed by atoms with van der Waals surface area (Å²) in [5, 5.41) is 0. The minimum absolute atomic E-state index is 0.0651. The molecule has 0 aromatic heterocycles. The SMILES string of the molecule is CCCC1=NC(CC)(c2ccc(F)cc2)C(=O)N1CC1CCN(CCCc2ccccc2)CC1. The molecule has 182 valence electrons. The van der Waals surface area contributed by atoms with Gasteiger partial charge in [0.05, 0.1) is 0 Å². The van der Waals surface area contributed by atoms with Crippen LogP contribution in [0.3, 0.4) is 0 Å². The molecule has 5 heteroatoms. The van der Waals surface area contributed by atoms with E-state index in [1.165, 1.54) is 24.1 Å². The van der Waals surface area contributed by atoms with Gasteiger partial charge in [-0.2, -0.15) is 0 Å². The van der Waals surface area contributed by atoms with Crippen LogP contribution in [0.25, 0.3) is 0 Å². The number of rotatable bonds is 10. The molecule has 0 aliphatic carbocycles. The smallest absolute Gasteiger partial charge is 0.260 e. The van der Waals surface area contributed by atoms with Crippen molar-refractivity contribution >= 4 is 11.7 Å². The van der Waals surface area contributed by atoms with Crippen molar-refractivity contribution in [1.82, 2.24) is 9.80 Å². The maximum Gasteiger partial charge on any atom is 0.260 e. The van der Waals surface area contributed by atoms with E-state index in [2.05, 4.69) is 42.2 Å². The summed E-state index contributed by atoms with van der Waals surface area (Å²) in [6.45, 7) is 8.21. The molecule has 2 aliphatic rings.